The van der Waals surface area contributed by atoms with Gasteiger partial charge in [-0.05, 0) is 29.1 Å². The van der Waals surface area contributed by atoms with E-state index in [0.29, 0.717) is 23.9 Å². The smallest absolute Gasteiger partial charge is 0.240 e. The Morgan fingerprint density at radius 3 is 2.90 bits per heavy atom. The lowest BCUT2D eigenvalue weighted by Crippen LogP contribution is -1.98. The van der Waals surface area contributed by atoms with Gasteiger partial charge in [-0.3, -0.25) is 0 Å². The summed E-state index contributed by atoms with van der Waals surface area (Å²) in [5.41, 5.74) is 7.48. The van der Waals surface area contributed by atoms with Crippen LogP contribution in [0.3, 0.4) is 0 Å². The van der Waals surface area contributed by atoms with Crippen molar-refractivity contribution in [3.63, 3.8) is 0 Å². The van der Waals surface area contributed by atoms with Crippen LogP contribution in [0.25, 0.3) is 10.2 Å². The second-order valence-electron chi connectivity index (χ2n) is 4.11. The van der Waals surface area contributed by atoms with Gasteiger partial charge in [0.05, 0.1) is 12.6 Å². The highest BCUT2D eigenvalue weighted by molar-refractivity contribution is 7.17. The molecule has 0 saturated carbocycles. The van der Waals surface area contributed by atoms with E-state index in [9.17, 15) is 0 Å². The summed E-state index contributed by atoms with van der Waals surface area (Å²) in [6.07, 6.45) is 1.49. The lowest BCUT2D eigenvalue weighted by atomic mass is 10.2. The number of aromatic nitrogens is 2. The Morgan fingerprint density at radius 2 is 2.10 bits per heavy atom. The van der Waals surface area contributed by atoms with Crippen molar-refractivity contribution in [1.82, 2.24) is 9.97 Å². The van der Waals surface area contributed by atoms with Gasteiger partial charge in [-0.25, -0.2) is 9.97 Å². The third-order valence-corrected chi connectivity index (χ3v) is 3.77. The fraction of sp³-hybridized carbons (Fsp3) is 0.143. The van der Waals surface area contributed by atoms with Crippen molar-refractivity contribution in [2.75, 3.05) is 7.11 Å². The molecule has 0 aliphatic rings. The SMILES string of the molecule is COc1cc(CN)ccc1Oc1ncnc2ccsc12. The molecule has 0 aliphatic carbocycles. The normalized spacial score (nSPS) is 10.7. The van der Waals surface area contributed by atoms with Crippen LogP contribution >= 0.6 is 11.3 Å². The fourth-order valence-corrected chi connectivity index (χ4v) is 2.64. The first-order valence-electron chi connectivity index (χ1n) is 6.05. The van der Waals surface area contributed by atoms with E-state index >= 15 is 0 Å². The molecule has 2 aromatic heterocycles. The third-order valence-electron chi connectivity index (χ3n) is 2.88. The van der Waals surface area contributed by atoms with Crippen molar-refractivity contribution in [2.24, 2.45) is 5.73 Å². The zero-order valence-electron chi connectivity index (χ0n) is 10.9. The Bertz CT molecular complexity index is 742. The maximum absolute atomic E-state index is 5.86. The summed E-state index contributed by atoms with van der Waals surface area (Å²) in [6, 6.07) is 7.54. The summed E-state index contributed by atoms with van der Waals surface area (Å²) < 4.78 is 12.1. The molecular weight excluding hydrogens is 274 g/mol. The summed E-state index contributed by atoms with van der Waals surface area (Å²) in [4.78, 5) is 8.37. The van der Waals surface area contributed by atoms with Crippen LogP contribution in [-0.4, -0.2) is 17.1 Å². The molecule has 102 valence electrons. The molecule has 0 amide bonds. The Labute approximate surface area is 120 Å². The van der Waals surface area contributed by atoms with Crippen LogP contribution in [0.15, 0.2) is 36.0 Å². The molecule has 0 atom stereocenters. The summed E-state index contributed by atoms with van der Waals surface area (Å²) in [7, 11) is 1.60. The van der Waals surface area contributed by atoms with Crippen LogP contribution in [0, 0.1) is 0 Å². The van der Waals surface area contributed by atoms with Crippen LogP contribution in [0.4, 0.5) is 0 Å². The van der Waals surface area contributed by atoms with E-state index in [1.54, 1.807) is 18.4 Å². The van der Waals surface area contributed by atoms with Gasteiger partial charge in [0.15, 0.2) is 11.5 Å². The monoisotopic (exact) mass is 287 g/mol. The molecule has 0 fully saturated rings. The van der Waals surface area contributed by atoms with E-state index in [-0.39, 0.29) is 0 Å². The van der Waals surface area contributed by atoms with Gasteiger partial charge in [-0.2, -0.15) is 0 Å². The van der Waals surface area contributed by atoms with E-state index in [2.05, 4.69) is 9.97 Å². The fourth-order valence-electron chi connectivity index (χ4n) is 1.87. The average Bonchev–Trinajstić information content (AvgIpc) is 2.97. The highest BCUT2D eigenvalue weighted by Gasteiger charge is 2.11. The standard InChI is InChI=1S/C14H13N3O2S/c1-18-12-6-9(7-15)2-3-11(12)19-14-13-10(4-5-20-13)16-8-17-14/h2-6,8H,7,15H2,1H3. The molecular formula is C14H13N3O2S. The number of fused-ring (bicyclic) bond motifs is 1. The van der Waals surface area contributed by atoms with Crippen molar-refractivity contribution in [3.05, 3.63) is 41.5 Å². The summed E-state index contributed by atoms with van der Waals surface area (Å²) in [5, 5.41) is 1.96. The largest absolute Gasteiger partial charge is 0.493 e. The summed E-state index contributed by atoms with van der Waals surface area (Å²) in [6.45, 7) is 0.458. The number of hydrogen-bond acceptors (Lipinski definition) is 6. The van der Waals surface area contributed by atoms with E-state index in [0.717, 1.165) is 15.8 Å². The van der Waals surface area contributed by atoms with Crippen molar-refractivity contribution in [1.29, 1.82) is 0 Å². The summed E-state index contributed by atoms with van der Waals surface area (Å²) >= 11 is 1.54. The molecule has 3 rings (SSSR count). The highest BCUT2D eigenvalue weighted by Crippen LogP contribution is 2.35. The van der Waals surface area contributed by atoms with Gasteiger partial charge in [0.25, 0.3) is 0 Å². The Morgan fingerprint density at radius 1 is 1.20 bits per heavy atom. The second-order valence-corrected chi connectivity index (χ2v) is 5.02. The minimum Gasteiger partial charge on any atom is -0.493 e. The molecule has 3 aromatic rings. The predicted octanol–water partition coefficient (Wildman–Crippen LogP) is 2.95. The van der Waals surface area contributed by atoms with Gasteiger partial charge in [0.1, 0.15) is 11.0 Å². The number of nitrogens with two attached hydrogens (primary N) is 1. The lowest BCUT2D eigenvalue weighted by Gasteiger charge is -2.11. The molecule has 5 nitrogen and oxygen atoms in total. The molecule has 0 unspecified atom stereocenters. The van der Waals surface area contributed by atoms with Crippen LogP contribution in [-0.2, 0) is 6.54 Å². The molecule has 20 heavy (non-hydrogen) atoms. The molecule has 1 aromatic carbocycles. The van der Waals surface area contributed by atoms with Gasteiger partial charge in [0, 0.05) is 6.54 Å². The first-order valence-corrected chi connectivity index (χ1v) is 6.93. The molecule has 0 aliphatic heterocycles. The predicted molar refractivity (Wildman–Crippen MR) is 78.4 cm³/mol. The van der Waals surface area contributed by atoms with Crippen LogP contribution in [0.2, 0.25) is 0 Å². The van der Waals surface area contributed by atoms with Crippen molar-refractivity contribution in [2.45, 2.75) is 6.54 Å². The number of thiophene rings is 1. The van der Waals surface area contributed by atoms with Crippen molar-refractivity contribution < 1.29 is 9.47 Å². The third kappa shape index (κ3) is 2.31. The molecule has 0 spiro atoms. The topological polar surface area (TPSA) is 70.3 Å². The Hall–Kier alpha value is -2.18. The zero-order valence-corrected chi connectivity index (χ0v) is 11.7. The minimum atomic E-state index is 0.458. The lowest BCUT2D eigenvalue weighted by molar-refractivity contribution is 0.375. The molecule has 6 heteroatoms. The van der Waals surface area contributed by atoms with E-state index in [4.69, 9.17) is 15.2 Å². The minimum absolute atomic E-state index is 0.458. The second kappa shape index (κ2) is 5.44. The average molecular weight is 287 g/mol. The quantitative estimate of drug-likeness (QED) is 0.799. The maximum Gasteiger partial charge on any atom is 0.240 e. The number of ether oxygens (including phenoxy) is 2. The molecule has 2 heterocycles. The van der Waals surface area contributed by atoms with Crippen molar-refractivity contribution in [3.8, 4) is 17.4 Å². The zero-order chi connectivity index (χ0) is 13.9. The van der Waals surface area contributed by atoms with E-state index < -0.39 is 0 Å². The molecule has 0 bridgehead atoms. The Balaban J connectivity index is 2.00. The van der Waals surface area contributed by atoms with Gasteiger partial charge >= 0.3 is 0 Å². The molecule has 0 saturated heterocycles. The highest BCUT2D eigenvalue weighted by atomic mass is 32.1. The van der Waals surface area contributed by atoms with Gasteiger partial charge < -0.3 is 15.2 Å². The van der Waals surface area contributed by atoms with Crippen molar-refractivity contribution >= 4 is 21.6 Å². The van der Waals surface area contributed by atoms with Crippen LogP contribution in [0.5, 0.6) is 17.4 Å². The number of methoxy groups -OCH3 is 1. The van der Waals surface area contributed by atoms with Crippen LogP contribution < -0.4 is 15.2 Å². The Kier molecular flexibility index (Phi) is 3.49. The molecule has 0 radical (unpaired) electrons. The number of hydrogen-bond donors (Lipinski definition) is 1. The molecule has 2 N–H and O–H groups in total. The van der Waals surface area contributed by atoms with Gasteiger partial charge in [-0.1, -0.05) is 6.07 Å². The van der Waals surface area contributed by atoms with Gasteiger partial charge in [0.2, 0.25) is 5.88 Å². The van der Waals surface area contributed by atoms with E-state index in [1.807, 2.05) is 29.6 Å². The van der Waals surface area contributed by atoms with Gasteiger partial charge in [-0.15, -0.1) is 11.3 Å². The first kappa shape index (κ1) is 12.8. The van der Waals surface area contributed by atoms with Crippen LogP contribution in [0.1, 0.15) is 5.56 Å². The summed E-state index contributed by atoms with van der Waals surface area (Å²) in [5.74, 6) is 1.78. The number of rotatable bonds is 4. The van der Waals surface area contributed by atoms with E-state index in [1.165, 1.54) is 6.33 Å². The maximum atomic E-state index is 5.86. The first-order chi connectivity index (χ1) is 9.81. The number of benzene rings is 1. The number of nitrogens with zero attached hydrogens (tertiary/aromatic N) is 2.